The smallest absolute Gasteiger partial charge is 0.186 e. The number of ether oxygens (including phenoxy) is 3. The van der Waals surface area contributed by atoms with Gasteiger partial charge in [0.25, 0.3) is 0 Å². The fourth-order valence-corrected chi connectivity index (χ4v) is 1.47. The lowest BCUT2D eigenvalue weighted by atomic mass is 10.00. The minimum Gasteiger partial charge on any atom is -0.388 e. The summed E-state index contributed by atoms with van der Waals surface area (Å²) in [6, 6.07) is 0. The first-order valence-corrected chi connectivity index (χ1v) is 4.19. The van der Waals surface area contributed by atoms with Crippen molar-refractivity contribution in [3.63, 3.8) is 0 Å². The van der Waals surface area contributed by atoms with Gasteiger partial charge in [0.05, 0.1) is 6.10 Å². The summed E-state index contributed by atoms with van der Waals surface area (Å²) in [4.78, 5) is 0. The van der Waals surface area contributed by atoms with Gasteiger partial charge >= 0.3 is 0 Å². The topological polar surface area (TPSA) is 68.2 Å². The normalized spacial score (nSPS) is 46.4. The molecule has 1 aliphatic rings. The SMILES string of the molecule is CO[C@H]1O[C@@H](C)[C@@H](O)[C@@H](OC)[C@@H]1O. The monoisotopic (exact) mass is 192 g/mol. The number of aliphatic hydroxyl groups excluding tert-OH is 2. The maximum absolute atomic E-state index is 9.58. The lowest BCUT2D eigenvalue weighted by molar-refractivity contribution is -0.290. The van der Waals surface area contributed by atoms with Gasteiger partial charge in [0.2, 0.25) is 0 Å². The third-order valence-corrected chi connectivity index (χ3v) is 2.29. The second-order valence-corrected chi connectivity index (χ2v) is 3.13. The first-order valence-electron chi connectivity index (χ1n) is 4.19. The van der Waals surface area contributed by atoms with Gasteiger partial charge in [-0.05, 0) is 6.92 Å². The van der Waals surface area contributed by atoms with Crippen molar-refractivity contribution >= 4 is 0 Å². The Morgan fingerprint density at radius 3 is 2.15 bits per heavy atom. The fourth-order valence-electron chi connectivity index (χ4n) is 1.47. The lowest BCUT2D eigenvalue weighted by Crippen LogP contribution is -2.57. The van der Waals surface area contributed by atoms with Crippen molar-refractivity contribution in [3.8, 4) is 0 Å². The van der Waals surface area contributed by atoms with Crippen LogP contribution in [0.2, 0.25) is 0 Å². The molecule has 1 heterocycles. The van der Waals surface area contributed by atoms with Crippen LogP contribution in [-0.2, 0) is 14.2 Å². The van der Waals surface area contributed by atoms with E-state index in [4.69, 9.17) is 14.2 Å². The second kappa shape index (κ2) is 4.34. The maximum Gasteiger partial charge on any atom is 0.186 e. The summed E-state index contributed by atoms with van der Waals surface area (Å²) < 4.78 is 15.0. The van der Waals surface area contributed by atoms with E-state index < -0.39 is 30.7 Å². The van der Waals surface area contributed by atoms with Crippen LogP contribution in [0.1, 0.15) is 6.92 Å². The largest absolute Gasteiger partial charge is 0.388 e. The van der Waals surface area contributed by atoms with Gasteiger partial charge in [0.15, 0.2) is 6.29 Å². The van der Waals surface area contributed by atoms with Crippen LogP contribution < -0.4 is 0 Å². The average molecular weight is 192 g/mol. The predicted molar refractivity (Wildman–Crippen MR) is 44.2 cm³/mol. The van der Waals surface area contributed by atoms with E-state index in [0.29, 0.717) is 0 Å². The van der Waals surface area contributed by atoms with Gasteiger partial charge in [-0.25, -0.2) is 0 Å². The summed E-state index contributed by atoms with van der Waals surface area (Å²) in [6.07, 6.45) is -3.58. The van der Waals surface area contributed by atoms with Crippen LogP contribution >= 0.6 is 0 Å². The van der Waals surface area contributed by atoms with Crippen LogP contribution in [0.15, 0.2) is 0 Å². The zero-order valence-corrected chi connectivity index (χ0v) is 8.01. The molecule has 0 spiro atoms. The first kappa shape index (κ1) is 10.9. The molecule has 0 aromatic carbocycles. The standard InChI is InChI=1S/C8H16O5/c1-4-5(9)7(11-2)6(10)8(12-3)13-4/h4-10H,1-3H3/t4-,5+,6-,7+,8-/m0/s1. The predicted octanol–water partition coefficient (Wildman–Crippen LogP) is -0.886. The van der Waals surface area contributed by atoms with E-state index in [1.807, 2.05) is 0 Å². The molecule has 2 N–H and O–H groups in total. The minimum absolute atomic E-state index is 0.404. The average Bonchev–Trinajstić information content (AvgIpc) is 2.12. The first-order chi connectivity index (χ1) is 6.11. The van der Waals surface area contributed by atoms with Crippen molar-refractivity contribution in [2.45, 2.75) is 37.6 Å². The Bertz CT molecular complexity index is 163. The van der Waals surface area contributed by atoms with Crippen LogP contribution in [0.4, 0.5) is 0 Å². The summed E-state index contributed by atoms with van der Waals surface area (Å²) in [5.41, 5.74) is 0. The molecule has 5 heteroatoms. The molecule has 1 rings (SSSR count). The molecule has 0 amide bonds. The Labute approximate surface area is 77.2 Å². The molecule has 0 aromatic rings. The highest BCUT2D eigenvalue weighted by Gasteiger charge is 2.43. The van der Waals surface area contributed by atoms with Gasteiger partial charge in [-0.15, -0.1) is 0 Å². The van der Waals surface area contributed by atoms with Crippen LogP contribution in [0.25, 0.3) is 0 Å². The highest BCUT2D eigenvalue weighted by atomic mass is 16.7. The van der Waals surface area contributed by atoms with Gasteiger partial charge in [-0.3, -0.25) is 0 Å². The Morgan fingerprint density at radius 1 is 1.08 bits per heavy atom. The Balaban J connectivity index is 2.69. The van der Waals surface area contributed by atoms with Gasteiger partial charge in [-0.1, -0.05) is 0 Å². The number of methoxy groups -OCH3 is 2. The molecule has 1 fully saturated rings. The zero-order chi connectivity index (χ0) is 10.0. The summed E-state index contributed by atoms with van der Waals surface area (Å²) >= 11 is 0. The summed E-state index contributed by atoms with van der Waals surface area (Å²) in [5.74, 6) is 0. The molecule has 5 nitrogen and oxygen atoms in total. The van der Waals surface area contributed by atoms with Gasteiger partial charge in [0, 0.05) is 14.2 Å². The fraction of sp³-hybridized carbons (Fsp3) is 1.00. The van der Waals surface area contributed by atoms with E-state index in [0.717, 1.165) is 0 Å². The van der Waals surface area contributed by atoms with Gasteiger partial charge < -0.3 is 24.4 Å². The molecular formula is C8H16O5. The molecule has 0 radical (unpaired) electrons. The molecule has 1 aliphatic heterocycles. The van der Waals surface area contributed by atoms with E-state index in [9.17, 15) is 10.2 Å². The third kappa shape index (κ3) is 2.00. The zero-order valence-electron chi connectivity index (χ0n) is 8.01. The summed E-state index contributed by atoms with van der Waals surface area (Å²) in [7, 11) is 2.87. The number of hydrogen-bond acceptors (Lipinski definition) is 5. The molecule has 1 saturated heterocycles. The third-order valence-electron chi connectivity index (χ3n) is 2.29. The molecular weight excluding hydrogens is 176 g/mol. The molecule has 0 aliphatic carbocycles. The number of hydrogen-bond donors (Lipinski definition) is 2. The highest BCUT2D eigenvalue weighted by Crippen LogP contribution is 2.22. The summed E-state index contributed by atoms with van der Waals surface area (Å²) in [6.45, 7) is 1.70. The van der Waals surface area contributed by atoms with Crippen molar-refractivity contribution in [2.75, 3.05) is 14.2 Å². The molecule has 78 valence electrons. The van der Waals surface area contributed by atoms with Crippen LogP contribution in [0.5, 0.6) is 0 Å². The molecule has 0 unspecified atom stereocenters. The Kier molecular flexibility index (Phi) is 3.63. The van der Waals surface area contributed by atoms with E-state index in [1.54, 1.807) is 6.92 Å². The molecule has 5 atom stereocenters. The van der Waals surface area contributed by atoms with Crippen molar-refractivity contribution in [3.05, 3.63) is 0 Å². The van der Waals surface area contributed by atoms with E-state index in [1.165, 1.54) is 14.2 Å². The number of aliphatic hydroxyl groups is 2. The molecule has 0 aromatic heterocycles. The Hall–Kier alpha value is -0.200. The van der Waals surface area contributed by atoms with Crippen molar-refractivity contribution in [2.24, 2.45) is 0 Å². The van der Waals surface area contributed by atoms with Crippen LogP contribution in [0.3, 0.4) is 0 Å². The van der Waals surface area contributed by atoms with Crippen LogP contribution in [0, 0.1) is 0 Å². The highest BCUT2D eigenvalue weighted by molar-refractivity contribution is 4.88. The van der Waals surface area contributed by atoms with Crippen molar-refractivity contribution in [1.82, 2.24) is 0 Å². The van der Waals surface area contributed by atoms with E-state index in [2.05, 4.69) is 0 Å². The molecule has 0 bridgehead atoms. The van der Waals surface area contributed by atoms with Crippen LogP contribution in [-0.4, -0.2) is 55.1 Å². The molecule has 0 saturated carbocycles. The second-order valence-electron chi connectivity index (χ2n) is 3.13. The van der Waals surface area contributed by atoms with Crippen molar-refractivity contribution in [1.29, 1.82) is 0 Å². The Morgan fingerprint density at radius 2 is 1.69 bits per heavy atom. The van der Waals surface area contributed by atoms with Gasteiger partial charge in [-0.2, -0.15) is 0 Å². The minimum atomic E-state index is -0.957. The quantitative estimate of drug-likeness (QED) is 0.594. The van der Waals surface area contributed by atoms with Gasteiger partial charge in [0.1, 0.15) is 18.3 Å². The lowest BCUT2D eigenvalue weighted by Gasteiger charge is -2.40. The van der Waals surface area contributed by atoms with E-state index in [-0.39, 0.29) is 0 Å². The van der Waals surface area contributed by atoms with Crippen molar-refractivity contribution < 1.29 is 24.4 Å². The van der Waals surface area contributed by atoms with E-state index >= 15 is 0 Å². The molecule has 13 heavy (non-hydrogen) atoms. The number of rotatable bonds is 2. The maximum atomic E-state index is 9.58. The summed E-state index contributed by atoms with van der Waals surface area (Å²) in [5, 5.41) is 19.1.